The Morgan fingerprint density at radius 3 is 2.32 bits per heavy atom. The summed E-state index contributed by atoms with van der Waals surface area (Å²) in [6, 6.07) is 16.5. The second kappa shape index (κ2) is 9.25. The van der Waals surface area contributed by atoms with Crippen LogP contribution in [0.2, 0.25) is 0 Å². The molecule has 2 aromatic carbocycles. The Labute approximate surface area is 151 Å². The lowest BCUT2D eigenvalue weighted by Crippen LogP contribution is -2.34. The molecule has 0 saturated carbocycles. The monoisotopic (exact) mass is 358 g/mol. The van der Waals surface area contributed by atoms with E-state index in [1.54, 1.807) is 12.1 Å². The molecule has 0 heterocycles. The average Bonchev–Trinajstić information content (AvgIpc) is 2.61. The van der Waals surface area contributed by atoms with Crippen LogP contribution in [0.4, 0.5) is 5.69 Å². The van der Waals surface area contributed by atoms with Crippen LogP contribution in [0.5, 0.6) is 0 Å². The molecule has 132 valence electrons. The zero-order valence-electron chi connectivity index (χ0n) is 14.2. The Kier molecular flexibility index (Phi) is 7.03. The first-order valence-electron chi connectivity index (χ1n) is 8.00. The second-order valence-electron chi connectivity index (χ2n) is 5.64. The maximum atomic E-state index is 12.2. The van der Waals surface area contributed by atoms with Crippen LogP contribution in [0.1, 0.15) is 25.5 Å². The predicted octanol–water partition coefficient (Wildman–Crippen LogP) is 2.98. The van der Waals surface area contributed by atoms with Crippen molar-refractivity contribution in [1.82, 2.24) is 5.32 Å². The molecule has 2 rings (SSSR count). The quantitative estimate of drug-likeness (QED) is 0.665. The van der Waals surface area contributed by atoms with Crippen LogP contribution >= 0.6 is 11.8 Å². The van der Waals surface area contributed by atoms with Crippen LogP contribution in [0.3, 0.4) is 0 Å². The second-order valence-corrected chi connectivity index (χ2v) is 7.05. The van der Waals surface area contributed by atoms with Crippen LogP contribution in [0.25, 0.3) is 0 Å². The zero-order valence-corrected chi connectivity index (χ0v) is 15.0. The van der Waals surface area contributed by atoms with Crippen molar-refractivity contribution in [2.24, 2.45) is 0 Å². The standard InChI is InChI=1S/C19H22N2O3S/c1-13(25-17-10-8-16(9-11-17)21-14(2)22)19(24)20-12-18(23)15-6-4-3-5-7-15/h3-11,13,18,23H,12H2,1-2H3,(H,20,24)(H,21,22). The lowest BCUT2D eigenvalue weighted by Gasteiger charge is -2.15. The van der Waals surface area contributed by atoms with E-state index in [4.69, 9.17) is 0 Å². The molecule has 0 aliphatic carbocycles. The lowest BCUT2D eigenvalue weighted by molar-refractivity contribution is -0.120. The van der Waals surface area contributed by atoms with Gasteiger partial charge in [0, 0.05) is 24.1 Å². The minimum absolute atomic E-state index is 0.120. The summed E-state index contributed by atoms with van der Waals surface area (Å²) < 4.78 is 0. The van der Waals surface area contributed by atoms with E-state index in [1.165, 1.54) is 18.7 Å². The fourth-order valence-corrected chi connectivity index (χ4v) is 3.10. The van der Waals surface area contributed by atoms with Gasteiger partial charge in [-0.25, -0.2) is 0 Å². The first kappa shape index (κ1) is 19.0. The summed E-state index contributed by atoms with van der Waals surface area (Å²) in [6.45, 7) is 3.45. The number of aliphatic hydroxyl groups is 1. The Morgan fingerprint density at radius 2 is 1.72 bits per heavy atom. The van der Waals surface area contributed by atoms with Crippen LogP contribution in [0.15, 0.2) is 59.5 Å². The maximum absolute atomic E-state index is 12.2. The predicted molar refractivity (Wildman–Crippen MR) is 100 cm³/mol. The number of rotatable bonds is 7. The van der Waals surface area contributed by atoms with E-state index in [9.17, 15) is 14.7 Å². The van der Waals surface area contributed by atoms with E-state index < -0.39 is 6.10 Å². The molecule has 2 amide bonds. The van der Waals surface area contributed by atoms with Crippen LogP contribution in [-0.4, -0.2) is 28.7 Å². The molecule has 6 heteroatoms. The Morgan fingerprint density at radius 1 is 1.08 bits per heavy atom. The molecule has 0 aliphatic rings. The maximum Gasteiger partial charge on any atom is 0.233 e. The lowest BCUT2D eigenvalue weighted by atomic mass is 10.1. The minimum Gasteiger partial charge on any atom is -0.387 e. The molecular weight excluding hydrogens is 336 g/mol. The number of nitrogens with one attached hydrogen (secondary N) is 2. The van der Waals surface area contributed by atoms with Gasteiger partial charge in [-0.15, -0.1) is 11.8 Å². The molecule has 2 atom stereocenters. The topological polar surface area (TPSA) is 78.4 Å². The van der Waals surface area contributed by atoms with E-state index in [1.807, 2.05) is 49.4 Å². The molecule has 5 nitrogen and oxygen atoms in total. The van der Waals surface area contributed by atoms with E-state index in [2.05, 4.69) is 10.6 Å². The van der Waals surface area contributed by atoms with Crippen molar-refractivity contribution in [3.63, 3.8) is 0 Å². The van der Waals surface area contributed by atoms with Gasteiger partial charge in [-0.3, -0.25) is 9.59 Å². The normalized spacial score (nSPS) is 12.9. The van der Waals surface area contributed by atoms with E-state index in [0.717, 1.165) is 16.1 Å². The van der Waals surface area contributed by atoms with Crippen molar-refractivity contribution in [2.45, 2.75) is 30.1 Å². The highest BCUT2D eigenvalue weighted by Crippen LogP contribution is 2.25. The van der Waals surface area contributed by atoms with Crippen molar-refractivity contribution < 1.29 is 14.7 Å². The van der Waals surface area contributed by atoms with E-state index in [0.29, 0.717) is 0 Å². The van der Waals surface area contributed by atoms with Gasteiger partial charge in [0.25, 0.3) is 0 Å². The number of hydrogen-bond acceptors (Lipinski definition) is 4. The minimum atomic E-state index is -0.723. The number of benzene rings is 2. The molecule has 0 fully saturated rings. The summed E-state index contributed by atoms with van der Waals surface area (Å²) in [4.78, 5) is 24.1. The number of carbonyl (C=O) groups is 2. The fourth-order valence-electron chi connectivity index (χ4n) is 2.21. The van der Waals surface area contributed by atoms with Crippen molar-refractivity contribution >= 4 is 29.3 Å². The SMILES string of the molecule is CC(=O)Nc1ccc(SC(C)C(=O)NCC(O)c2ccccc2)cc1. The number of carbonyl (C=O) groups excluding carboxylic acids is 2. The Hall–Kier alpha value is -2.31. The number of hydrogen-bond donors (Lipinski definition) is 3. The molecular formula is C19H22N2O3S. The summed E-state index contributed by atoms with van der Waals surface area (Å²) in [6.07, 6.45) is -0.723. The van der Waals surface area contributed by atoms with E-state index in [-0.39, 0.29) is 23.6 Å². The molecule has 25 heavy (non-hydrogen) atoms. The zero-order chi connectivity index (χ0) is 18.2. The smallest absolute Gasteiger partial charge is 0.233 e. The first-order valence-corrected chi connectivity index (χ1v) is 8.88. The molecule has 0 aromatic heterocycles. The molecule has 0 bridgehead atoms. The van der Waals surface area contributed by atoms with Crippen LogP contribution in [-0.2, 0) is 9.59 Å². The highest BCUT2D eigenvalue weighted by molar-refractivity contribution is 8.00. The third-order valence-corrected chi connectivity index (χ3v) is 4.62. The number of anilines is 1. The van der Waals surface area contributed by atoms with Gasteiger partial charge >= 0.3 is 0 Å². The van der Waals surface area contributed by atoms with Gasteiger partial charge in [0.05, 0.1) is 11.4 Å². The van der Waals surface area contributed by atoms with Crippen LogP contribution < -0.4 is 10.6 Å². The van der Waals surface area contributed by atoms with Gasteiger partial charge in [0.15, 0.2) is 0 Å². The van der Waals surface area contributed by atoms with Gasteiger partial charge in [0.1, 0.15) is 0 Å². The summed E-state index contributed by atoms with van der Waals surface area (Å²) in [5.41, 5.74) is 1.50. The Balaban J connectivity index is 1.82. The first-order chi connectivity index (χ1) is 12.0. The molecule has 2 unspecified atom stereocenters. The molecule has 3 N–H and O–H groups in total. The van der Waals surface area contributed by atoms with Gasteiger partial charge in [-0.05, 0) is 36.8 Å². The third-order valence-electron chi connectivity index (χ3n) is 3.51. The number of aliphatic hydroxyl groups excluding tert-OH is 1. The number of thioether (sulfide) groups is 1. The van der Waals surface area contributed by atoms with Crippen molar-refractivity contribution in [2.75, 3.05) is 11.9 Å². The van der Waals surface area contributed by atoms with Crippen molar-refractivity contribution in [3.05, 3.63) is 60.2 Å². The van der Waals surface area contributed by atoms with E-state index >= 15 is 0 Å². The highest BCUT2D eigenvalue weighted by atomic mass is 32.2. The Bertz CT molecular complexity index is 704. The molecule has 0 aliphatic heterocycles. The van der Waals surface area contributed by atoms with Crippen molar-refractivity contribution in [3.8, 4) is 0 Å². The van der Waals surface area contributed by atoms with Gasteiger partial charge < -0.3 is 15.7 Å². The van der Waals surface area contributed by atoms with Crippen molar-refractivity contribution in [1.29, 1.82) is 0 Å². The highest BCUT2D eigenvalue weighted by Gasteiger charge is 2.16. The summed E-state index contributed by atoms with van der Waals surface area (Å²) in [5, 5.41) is 15.3. The van der Waals surface area contributed by atoms with Crippen LogP contribution in [0, 0.1) is 0 Å². The largest absolute Gasteiger partial charge is 0.387 e. The number of amides is 2. The molecule has 2 aromatic rings. The average molecular weight is 358 g/mol. The summed E-state index contributed by atoms with van der Waals surface area (Å²) in [5.74, 6) is -0.254. The fraction of sp³-hybridized carbons (Fsp3) is 0.263. The third kappa shape index (κ3) is 6.25. The summed E-state index contributed by atoms with van der Waals surface area (Å²) >= 11 is 1.42. The summed E-state index contributed by atoms with van der Waals surface area (Å²) in [7, 11) is 0. The molecule has 0 spiro atoms. The molecule has 0 radical (unpaired) electrons. The van der Waals surface area contributed by atoms with Gasteiger partial charge in [-0.1, -0.05) is 30.3 Å². The molecule has 0 saturated heterocycles. The van der Waals surface area contributed by atoms with Gasteiger partial charge in [0.2, 0.25) is 11.8 Å². The van der Waals surface area contributed by atoms with Gasteiger partial charge in [-0.2, -0.15) is 0 Å².